The van der Waals surface area contributed by atoms with Crippen LogP contribution in [-0.2, 0) is 64.0 Å². The van der Waals surface area contributed by atoms with Crippen LogP contribution in [0.5, 0.6) is 11.5 Å². The maximum absolute atomic E-state index is 7.77. The third-order valence-corrected chi connectivity index (χ3v) is 32.9. The van der Waals surface area contributed by atoms with Crippen molar-refractivity contribution in [2.45, 2.75) is 57.3 Å². The number of benzene rings is 16. The van der Waals surface area contributed by atoms with Gasteiger partial charge in [-0.25, -0.2) is 37.5 Å². The molecule has 18 aromatic rings. The smallest absolute Gasteiger partial charge is 0.774 e. The van der Waals surface area contributed by atoms with Crippen LogP contribution >= 0.6 is 25.1 Å². The van der Waals surface area contributed by atoms with Gasteiger partial charge in [0.1, 0.15) is 59.8 Å². The summed E-state index contributed by atoms with van der Waals surface area (Å²) in [4.78, 5) is 27.2. The summed E-state index contributed by atoms with van der Waals surface area (Å²) < 4.78 is 12.8. The van der Waals surface area contributed by atoms with Crippen LogP contribution in [0.3, 0.4) is 0 Å². The molecule has 2 aromatic heterocycles. The van der Waals surface area contributed by atoms with E-state index in [4.69, 9.17) is 25.6 Å². The van der Waals surface area contributed by atoms with Crippen LogP contribution < -0.4 is 66.0 Å². The van der Waals surface area contributed by atoms with Gasteiger partial charge in [0.2, 0.25) is 0 Å². The molecular formula is C125H114Cu3N14O2P3-4. The van der Waals surface area contributed by atoms with Gasteiger partial charge in [0.05, 0.1) is 40.0 Å². The first kappa shape index (κ1) is 104. The van der Waals surface area contributed by atoms with Crippen molar-refractivity contribution in [3.63, 3.8) is 0 Å². The second kappa shape index (κ2) is 47.7. The molecule has 8 aliphatic heterocycles. The molecule has 10 heterocycles. The molecule has 22 heteroatoms. The molecule has 748 valence electrons. The van der Waals surface area contributed by atoms with E-state index in [1.54, 1.807) is 36.5 Å². The van der Waals surface area contributed by atoms with Gasteiger partial charge in [-0.1, -0.05) is 286 Å². The molecular weight excluding hydrogens is 2010 g/mol. The zero-order valence-electron chi connectivity index (χ0n) is 82.4. The molecule has 16 nitrogen and oxygen atoms in total. The quantitative estimate of drug-likeness (QED) is 0.0324. The summed E-state index contributed by atoms with van der Waals surface area (Å²) in [5, 5.41) is 27.3. The first-order chi connectivity index (χ1) is 70.5. The number of likely N-dealkylation sites (N-methyl/N-ethyl adjacent to an activating group) is 4. The van der Waals surface area contributed by atoms with Crippen molar-refractivity contribution in [1.29, 1.82) is 5.41 Å². The molecule has 26 rings (SSSR count). The third-order valence-electron chi connectivity index (χ3n) is 27.0. The van der Waals surface area contributed by atoms with Crippen molar-refractivity contribution >= 4 is 159 Å². The van der Waals surface area contributed by atoms with Gasteiger partial charge in [-0.05, 0) is 148 Å². The van der Waals surface area contributed by atoms with Crippen LogP contribution in [0.25, 0.3) is 38.3 Å². The molecule has 8 aliphatic rings. The number of hydrogen-bond acceptors (Lipinski definition) is 12. The van der Waals surface area contributed by atoms with E-state index in [1.165, 1.54) is 111 Å². The summed E-state index contributed by atoms with van der Waals surface area (Å²) in [6, 6.07) is 141. The monoisotopic (exact) mass is 2120 g/mol. The average Bonchev–Trinajstić information content (AvgIpc) is 1.50. The normalized spacial score (nSPS) is 15.8. The zero-order valence-corrected chi connectivity index (χ0v) is 88.3. The van der Waals surface area contributed by atoms with Crippen LogP contribution in [0, 0.1) is 32.1 Å². The van der Waals surface area contributed by atoms with E-state index in [9.17, 15) is 0 Å². The van der Waals surface area contributed by atoms with E-state index >= 15 is 0 Å². The topological polar surface area (TPSA) is 149 Å². The molecule has 6 unspecified atom stereocenters. The van der Waals surface area contributed by atoms with Crippen molar-refractivity contribution < 1.29 is 60.4 Å². The molecule has 0 bridgehead atoms. The molecule has 0 fully saturated rings. The zero-order chi connectivity index (χ0) is 98.7. The van der Waals surface area contributed by atoms with Gasteiger partial charge in [-0.3, -0.25) is 22.0 Å². The second-order valence-corrected chi connectivity index (χ2v) is 41.9. The fraction of sp³-hybridized carbons (Fsp3) is 0.120. The van der Waals surface area contributed by atoms with Crippen LogP contribution in [0.15, 0.2) is 453 Å². The van der Waals surface area contributed by atoms with Gasteiger partial charge in [0.15, 0.2) is 11.3 Å². The Morgan fingerprint density at radius 3 is 1.48 bits per heavy atom. The van der Waals surface area contributed by atoms with E-state index in [0.717, 1.165) is 89.4 Å². The molecule has 0 aliphatic carbocycles. The van der Waals surface area contributed by atoms with Gasteiger partial charge < -0.3 is 75.1 Å². The molecule has 6 atom stereocenters. The second-order valence-electron chi connectivity index (χ2n) is 36.8. The van der Waals surface area contributed by atoms with Gasteiger partial charge >= 0.3 is 17.1 Å². The Hall–Kier alpha value is -14.7. The van der Waals surface area contributed by atoms with Crippen LogP contribution in [0.1, 0.15) is 64.4 Å². The predicted octanol–water partition coefficient (Wildman–Crippen LogP) is 28.2. The van der Waals surface area contributed by atoms with Crippen molar-refractivity contribution in [2.75, 3.05) is 63.8 Å². The largest absolute Gasteiger partial charge is 1.00 e. The Bertz CT molecular complexity index is 7510. The molecule has 147 heavy (non-hydrogen) atoms. The number of pyridine rings is 1. The number of aromatic nitrogens is 1. The van der Waals surface area contributed by atoms with Gasteiger partial charge in [-0.2, -0.15) is 18.2 Å². The maximum atomic E-state index is 7.77. The Labute approximate surface area is 900 Å². The number of para-hydroxylation sites is 12. The fourth-order valence-electron chi connectivity index (χ4n) is 20.0. The number of rotatable bonds is 16. The molecule has 2 N–H and O–H groups in total. The van der Waals surface area contributed by atoms with Crippen molar-refractivity contribution in [1.82, 2.24) is 14.8 Å². The summed E-state index contributed by atoms with van der Waals surface area (Å²) in [5.41, 5.74) is 32.6. The third kappa shape index (κ3) is 22.4. The number of amidine groups is 2. The predicted molar refractivity (Wildman–Crippen MR) is 612 cm³/mol. The molecule has 0 spiro atoms. The van der Waals surface area contributed by atoms with E-state index in [1.807, 2.05) is 109 Å². The minimum absolute atomic E-state index is 0. The number of fused-ring (bicyclic) bond motifs is 20. The van der Waals surface area contributed by atoms with E-state index < -0.39 is 7.92 Å². The first-order valence-electron chi connectivity index (χ1n) is 48.8. The molecule has 16 aromatic carbocycles. The van der Waals surface area contributed by atoms with E-state index in [-0.39, 0.29) is 62.9 Å². The van der Waals surface area contributed by atoms with Gasteiger partial charge in [0.25, 0.3) is 0 Å². The summed E-state index contributed by atoms with van der Waals surface area (Å²) in [6.07, 6.45) is 15.2. The van der Waals surface area contributed by atoms with Crippen molar-refractivity contribution in [3.05, 3.63) is 525 Å². The summed E-state index contributed by atoms with van der Waals surface area (Å²) >= 11 is 0. The number of aliphatic imine (C=N–C) groups is 1. The molecule has 0 amide bonds. The minimum Gasteiger partial charge on any atom is -0.774 e. The SMILES string of the molecule is CN1C=CN2c3c(ccc4c3oc3ccccc34)CC12.CN1C=CN2c3ccccc3CC12.CN1c2ccccc2N2c3cccc4c3C(C12)C1N(C)c2ccccc2N41.N=C(N=C([NH-])c1ccccn1)c1ccccc1.[CH2-]c1ccccc1[N-]c1ccccc1PCC(C)C.[CH2-]c1ccccc1[N-]c1ccccc1[CH2-].[Cu+].[Cu].[Cu].c1ccc(Pc2ccccc2Oc2ccccc2[PH+](c2ccccc2)c2ccccc2)cc1. The summed E-state index contributed by atoms with van der Waals surface area (Å²) in [7, 11) is 8.91. The minimum atomic E-state index is -1.22. The van der Waals surface area contributed by atoms with Crippen LogP contribution in [0.2, 0.25) is 0 Å². The van der Waals surface area contributed by atoms with Gasteiger partial charge in [-0.15, -0.1) is 42.1 Å². The van der Waals surface area contributed by atoms with Gasteiger partial charge in [0, 0.05) is 151 Å². The fourth-order valence-corrected chi connectivity index (χ4v) is 24.9. The number of hydrogen-bond donors (Lipinski definition) is 1. The molecule has 2 radical (unpaired) electrons. The standard InChI is InChI=1S/C30H24OP2.C23H20N4.C17H14N2O.C17H20NP.C14H12N.C13H11N4.C11H12N2.3Cu/c1-4-14-24(15-5-1)32-29-22-12-10-20-27(29)31-28-21-11-13-23-30(28)33(25-16-6-2-7-17-25)26-18-8-3-9-19-26;1-24-14-8-3-5-10-16(14)26-18-12-7-13-19-20(18)21(22(24)26)23-25(2)15-9-4-6-11-17(15)27(19)23;1-18-8-9-19-15(18)10-11-6-7-13-12-4-2-3-5-14(12)20-17(13)16(11)19;1-13(2)12-19-17-11-7-6-10-16(17)18-15-9-5-4-8-14(15)3;1-11-7-3-5-9-13(11)15-14-10-6-4-8-12(14)2;14-12(10-6-2-1-3-7-10)17-13(15)11-8-4-5-9-16-11;1-12-6-7-13-10-5-3-2-4-9(10)8-11(12)13;;;/h1-23,32H;3-13,21-23H,1-2H3;2-9,15H,10H2,1H3;4-11,13,19H,3,12H2,1-2H3;3-10H,1-2H2;1-9H,(H2-,14,15,17);2-7,11H,8H2,1H3;;;/q;;;-2;-3;-1;;;;+1/p+1. The number of anilines is 8. The van der Waals surface area contributed by atoms with Crippen LogP contribution in [-0.4, -0.2) is 85.5 Å². The number of furan rings is 1. The number of ether oxygens (including phenoxy) is 1. The Morgan fingerprint density at radius 1 is 0.449 bits per heavy atom. The van der Waals surface area contributed by atoms with E-state index in [0.29, 0.717) is 50.4 Å². The van der Waals surface area contributed by atoms with Crippen LogP contribution in [0.4, 0.5) is 68.2 Å². The molecule has 0 saturated heterocycles. The number of nitrogens with zero attached hydrogens (tertiary/aromatic N) is 12. The summed E-state index contributed by atoms with van der Waals surface area (Å²) in [6.45, 7) is 16.4. The first-order valence-corrected chi connectivity index (χ1v) is 52.5. The maximum Gasteiger partial charge on any atom is 1.00 e. The number of nitrogens with one attached hydrogen (secondary N) is 2. The Morgan fingerprint density at radius 2 is 0.905 bits per heavy atom. The van der Waals surface area contributed by atoms with Crippen molar-refractivity contribution in [3.8, 4) is 11.5 Å². The Balaban J connectivity index is 0.000000119. The van der Waals surface area contributed by atoms with E-state index in [2.05, 4.69) is 415 Å². The molecule has 0 saturated carbocycles. The Kier molecular flexibility index (Phi) is 33.7. The summed E-state index contributed by atoms with van der Waals surface area (Å²) in [5.74, 6) is 3.08. The van der Waals surface area contributed by atoms with Crippen molar-refractivity contribution in [2.24, 2.45) is 10.9 Å². The average molecular weight is 2130 g/mol.